The summed E-state index contributed by atoms with van der Waals surface area (Å²) >= 11 is 1.92. The zero-order chi connectivity index (χ0) is 30.6. The molecule has 47 heavy (non-hydrogen) atoms. The quantitative estimate of drug-likeness (QED) is 0.181. The molecule has 5 heteroatoms. The van der Waals surface area contributed by atoms with E-state index < -0.39 is 0 Å². The summed E-state index contributed by atoms with van der Waals surface area (Å²) in [7, 11) is 0. The zero-order valence-corrected chi connectivity index (χ0v) is 25.9. The fourth-order valence-corrected chi connectivity index (χ4v) is 9.22. The van der Waals surface area contributed by atoms with Crippen LogP contribution in [0.15, 0.2) is 155 Å². The zero-order valence-electron chi connectivity index (χ0n) is 25.1. The molecule has 0 unspecified atom stereocenters. The lowest BCUT2D eigenvalue weighted by Gasteiger charge is -2.33. The molecule has 0 saturated heterocycles. The van der Waals surface area contributed by atoms with E-state index in [0.717, 1.165) is 50.3 Å². The molecule has 2 aliphatic heterocycles. The highest BCUT2D eigenvalue weighted by molar-refractivity contribution is 8.28. The number of aromatic nitrogens is 1. The molecule has 2 aliphatic rings. The van der Waals surface area contributed by atoms with E-state index in [2.05, 4.69) is 138 Å². The van der Waals surface area contributed by atoms with Crippen LogP contribution in [0.2, 0.25) is 0 Å². The summed E-state index contributed by atoms with van der Waals surface area (Å²) in [5.41, 5.74) is 12.3. The molecule has 7 aromatic carbocycles. The number of hydrogen-bond donors (Lipinski definition) is 0. The topological polar surface area (TPSA) is 27.3 Å². The molecular weight excluding hydrogens is 593 g/mol. The van der Waals surface area contributed by atoms with Crippen LogP contribution in [0.5, 0.6) is 11.5 Å². The van der Waals surface area contributed by atoms with Gasteiger partial charge in [-0.05, 0) is 70.1 Å². The normalized spacial score (nSPS) is 13.1. The third kappa shape index (κ3) is 3.55. The van der Waals surface area contributed by atoms with E-state index in [9.17, 15) is 0 Å². The highest BCUT2D eigenvalue weighted by Crippen LogP contribution is 2.46. The van der Waals surface area contributed by atoms with Gasteiger partial charge < -0.3 is 13.7 Å². The van der Waals surface area contributed by atoms with Crippen molar-refractivity contribution >= 4 is 72.3 Å². The molecule has 0 bridgehead atoms. The molecule has 0 radical (unpaired) electrons. The number of para-hydroxylation sites is 4. The van der Waals surface area contributed by atoms with Crippen LogP contribution in [-0.4, -0.2) is 10.6 Å². The second-order valence-electron chi connectivity index (χ2n) is 12.4. The average molecular weight is 618 g/mol. The number of benzene rings is 7. The van der Waals surface area contributed by atoms with Crippen LogP contribution in [-0.2, 0) is 0 Å². The molecule has 9 aromatic rings. The first-order valence-corrected chi connectivity index (χ1v) is 16.8. The smallest absolute Gasteiger partial charge is 0.289 e. The molecule has 0 spiro atoms. The van der Waals surface area contributed by atoms with Gasteiger partial charge in [0.25, 0.3) is 5.99 Å². The van der Waals surface area contributed by atoms with Crippen molar-refractivity contribution in [3.63, 3.8) is 0 Å². The van der Waals surface area contributed by atoms with Crippen molar-refractivity contribution in [2.75, 3.05) is 0 Å². The largest absolute Gasteiger partial charge is 0.458 e. The number of furan rings is 1. The lowest BCUT2D eigenvalue weighted by Crippen LogP contribution is -2.46. The molecule has 0 N–H and O–H groups in total. The monoisotopic (exact) mass is 617 g/mol. The van der Waals surface area contributed by atoms with E-state index in [1.54, 1.807) is 0 Å². The van der Waals surface area contributed by atoms with Gasteiger partial charge in [-0.15, -0.1) is 0 Å². The molecule has 0 aliphatic carbocycles. The van der Waals surface area contributed by atoms with Crippen LogP contribution < -0.4 is 15.7 Å². The lowest BCUT2D eigenvalue weighted by molar-refractivity contribution is 0.488. The Kier molecular flexibility index (Phi) is 5.13. The molecule has 0 atom stereocenters. The second kappa shape index (κ2) is 9.44. The third-order valence-electron chi connectivity index (χ3n) is 9.88. The van der Waals surface area contributed by atoms with E-state index >= 15 is 0 Å². The van der Waals surface area contributed by atoms with Gasteiger partial charge >= 0.3 is 0 Å². The molecule has 0 fully saturated rings. The summed E-state index contributed by atoms with van der Waals surface area (Å²) in [6.07, 6.45) is 0. The van der Waals surface area contributed by atoms with Crippen molar-refractivity contribution in [1.29, 1.82) is 0 Å². The van der Waals surface area contributed by atoms with Gasteiger partial charge in [0.15, 0.2) is 0 Å². The van der Waals surface area contributed by atoms with Gasteiger partial charge in [-0.25, -0.2) is 0 Å². The van der Waals surface area contributed by atoms with Crippen LogP contribution in [0.25, 0.3) is 71.7 Å². The van der Waals surface area contributed by atoms with Gasteiger partial charge in [-0.2, -0.15) is 11.6 Å². The molecule has 2 aromatic heterocycles. The van der Waals surface area contributed by atoms with Crippen LogP contribution in [0.4, 0.5) is 0 Å². The maximum Gasteiger partial charge on any atom is 0.289 e. The van der Waals surface area contributed by atoms with E-state index in [-0.39, 0.29) is 5.99 Å². The SMILES string of the molecule is c1ccc2c(c1)SB1c3ccc(-n4c5ccccc5c5ccccc54)cc3Oc3cc(-c4cccc5c4oc4ccccc45)cc-2c31. The van der Waals surface area contributed by atoms with Gasteiger partial charge in [0.1, 0.15) is 22.7 Å². The Morgan fingerprint density at radius 1 is 0.532 bits per heavy atom. The highest BCUT2D eigenvalue weighted by atomic mass is 32.2. The summed E-state index contributed by atoms with van der Waals surface area (Å²) in [5, 5.41) is 4.76. The second-order valence-corrected chi connectivity index (χ2v) is 13.6. The van der Waals surface area contributed by atoms with Gasteiger partial charge in [-0.3, -0.25) is 0 Å². The summed E-state index contributed by atoms with van der Waals surface area (Å²) in [6, 6.07) is 52.1. The number of ether oxygens (including phenoxy) is 1. The van der Waals surface area contributed by atoms with E-state index in [1.165, 1.54) is 48.8 Å². The first-order valence-electron chi connectivity index (χ1n) is 16.0. The molecule has 11 rings (SSSR count). The Balaban J connectivity index is 1.14. The van der Waals surface area contributed by atoms with Gasteiger partial charge in [0, 0.05) is 43.8 Å². The maximum atomic E-state index is 6.98. The lowest BCUT2D eigenvalue weighted by atomic mass is 9.57. The third-order valence-corrected chi connectivity index (χ3v) is 11.2. The predicted octanol–water partition coefficient (Wildman–Crippen LogP) is 10.3. The number of nitrogens with zero attached hydrogens (tertiary/aromatic N) is 1. The number of rotatable bonds is 2. The predicted molar refractivity (Wildman–Crippen MR) is 196 cm³/mol. The van der Waals surface area contributed by atoms with E-state index in [1.807, 2.05) is 23.7 Å². The molecule has 218 valence electrons. The van der Waals surface area contributed by atoms with Crippen molar-refractivity contribution in [1.82, 2.24) is 4.57 Å². The standard InChI is InChI=1S/C42H24BNO2S/c1-5-16-35-28(10-1)29-11-2-6-17-36(29)44(35)26-20-21-34-38(24-26)45-39-23-25(22-33-31-13-4-8-19-40(31)47-43(34)41(33)39)27-14-9-15-32-30-12-3-7-18-37(30)46-42(27)32/h1-24H. The van der Waals surface area contributed by atoms with Crippen molar-refractivity contribution < 1.29 is 9.15 Å². The molecular formula is C42H24BNO2S. The van der Waals surface area contributed by atoms with Crippen LogP contribution in [0.1, 0.15) is 0 Å². The Labute approximate surface area is 275 Å². The first-order chi connectivity index (χ1) is 23.3. The fraction of sp³-hybridized carbons (Fsp3) is 0. The molecule has 3 nitrogen and oxygen atoms in total. The minimum absolute atomic E-state index is 0.127. The summed E-state index contributed by atoms with van der Waals surface area (Å²) in [4.78, 5) is 1.29. The van der Waals surface area contributed by atoms with Crippen LogP contribution in [0, 0.1) is 0 Å². The van der Waals surface area contributed by atoms with Crippen molar-refractivity contribution in [2.45, 2.75) is 4.90 Å². The van der Waals surface area contributed by atoms with Gasteiger partial charge in [-0.1, -0.05) is 97.1 Å². The van der Waals surface area contributed by atoms with E-state index in [0.29, 0.717) is 0 Å². The van der Waals surface area contributed by atoms with Gasteiger partial charge in [0.2, 0.25) is 0 Å². The average Bonchev–Trinajstić information content (AvgIpc) is 3.67. The minimum atomic E-state index is 0.127. The molecule has 0 saturated carbocycles. The summed E-state index contributed by atoms with van der Waals surface area (Å²) in [6.45, 7) is 0. The first kappa shape index (κ1) is 25.5. The number of fused-ring (bicyclic) bond motifs is 10. The Bertz CT molecular complexity index is 2720. The van der Waals surface area contributed by atoms with Crippen molar-refractivity contribution in [3.8, 4) is 39.4 Å². The highest BCUT2D eigenvalue weighted by Gasteiger charge is 2.39. The summed E-state index contributed by atoms with van der Waals surface area (Å²) in [5.74, 6) is 1.94. The van der Waals surface area contributed by atoms with E-state index in [4.69, 9.17) is 9.15 Å². The van der Waals surface area contributed by atoms with Crippen molar-refractivity contribution in [3.05, 3.63) is 146 Å². The van der Waals surface area contributed by atoms with Gasteiger partial charge in [0.05, 0.1) is 11.0 Å². The maximum absolute atomic E-state index is 6.98. The summed E-state index contributed by atoms with van der Waals surface area (Å²) < 4.78 is 15.8. The minimum Gasteiger partial charge on any atom is -0.458 e. The van der Waals surface area contributed by atoms with Crippen LogP contribution >= 0.6 is 11.6 Å². The number of hydrogen-bond acceptors (Lipinski definition) is 3. The Hall–Kier alpha value is -5.65. The Morgan fingerprint density at radius 3 is 2.09 bits per heavy atom. The van der Waals surface area contributed by atoms with Crippen LogP contribution in [0.3, 0.4) is 0 Å². The Morgan fingerprint density at radius 2 is 1.23 bits per heavy atom. The molecule has 0 amide bonds. The fourth-order valence-electron chi connectivity index (χ4n) is 7.82. The molecule has 4 heterocycles. The van der Waals surface area contributed by atoms with Crippen molar-refractivity contribution in [2.24, 2.45) is 0 Å².